The second-order valence-corrected chi connectivity index (χ2v) is 4.41. The number of nitrogens with one attached hydrogen (secondary N) is 1. The topological polar surface area (TPSA) is 61.8 Å². The average molecular weight is 266 g/mol. The van der Waals surface area contributed by atoms with E-state index in [2.05, 4.69) is 5.32 Å². The molecule has 0 bridgehead atoms. The van der Waals surface area contributed by atoms with E-state index in [4.69, 9.17) is 9.84 Å². The summed E-state index contributed by atoms with van der Waals surface area (Å²) in [6.07, 6.45) is 0.791. The Morgan fingerprint density at radius 3 is 2.63 bits per heavy atom. The molecule has 1 aromatic rings. The standard InChI is InChI=1S/C14H22N2O3/c1-16(9-10-17)11-14(18)15-8-7-12-3-5-13(19-2)6-4-12/h3-6,17H,7-11H2,1-2H3,(H,15,18). The molecule has 0 aromatic heterocycles. The molecule has 0 unspecified atom stereocenters. The van der Waals surface area contributed by atoms with Crippen LogP contribution in [-0.2, 0) is 11.2 Å². The minimum atomic E-state index is -0.0236. The molecule has 0 aliphatic heterocycles. The molecule has 1 rings (SSSR count). The second-order valence-electron chi connectivity index (χ2n) is 4.41. The molecule has 0 heterocycles. The summed E-state index contributed by atoms with van der Waals surface area (Å²) >= 11 is 0. The Bertz CT molecular complexity index is 379. The van der Waals surface area contributed by atoms with Gasteiger partial charge in [0.05, 0.1) is 20.3 Å². The van der Waals surface area contributed by atoms with Crippen LogP contribution < -0.4 is 10.1 Å². The molecule has 5 nitrogen and oxygen atoms in total. The van der Waals surface area contributed by atoms with E-state index in [0.717, 1.165) is 17.7 Å². The van der Waals surface area contributed by atoms with Crippen LogP contribution in [0.4, 0.5) is 0 Å². The maximum absolute atomic E-state index is 11.6. The molecular weight excluding hydrogens is 244 g/mol. The van der Waals surface area contributed by atoms with Crippen LogP contribution >= 0.6 is 0 Å². The van der Waals surface area contributed by atoms with Gasteiger partial charge < -0.3 is 15.2 Å². The lowest BCUT2D eigenvalue weighted by molar-refractivity contribution is -0.121. The van der Waals surface area contributed by atoms with Crippen molar-refractivity contribution in [1.82, 2.24) is 10.2 Å². The van der Waals surface area contributed by atoms with Crippen molar-refractivity contribution < 1.29 is 14.6 Å². The highest BCUT2D eigenvalue weighted by molar-refractivity contribution is 5.77. The Balaban J connectivity index is 2.23. The summed E-state index contributed by atoms with van der Waals surface area (Å²) in [5, 5.41) is 11.6. The minimum Gasteiger partial charge on any atom is -0.497 e. The Kier molecular flexibility index (Phi) is 6.92. The summed E-state index contributed by atoms with van der Waals surface area (Å²) in [6.45, 7) is 1.49. The van der Waals surface area contributed by atoms with Crippen molar-refractivity contribution in [2.45, 2.75) is 6.42 Å². The van der Waals surface area contributed by atoms with E-state index >= 15 is 0 Å². The van der Waals surface area contributed by atoms with Gasteiger partial charge in [-0.05, 0) is 31.2 Å². The first-order valence-corrected chi connectivity index (χ1v) is 6.34. The average Bonchev–Trinajstić information content (AvgIpc) is 2.39. The maximum atomic E-state index is 11.6. The van der Waals surface area contributed by atoms with Gasteiger partial charge in [-0.3, -0.25) is 9.69 Å². The highest BCUT2D eigenvalue weighted by Gasteiger charge is 2.05. The number of hydrogen-bond donors (Lipinski definition) is 2. The maximum Gasteiger partial charge on any atom is 0.234 e. The monoisotopic (exact) mass is 266 g/mol. The molecule has 0 aliphatic rings. The number of hydrogen-bond acceptors (Lipinski definition) is 4. The Morgan fingerprint density at radius 2 is 2.05 bits per heavy atom. The van der Waals surface area contributed by atoms with Gasteiger partial charge >= 0.3 is 0 Å². The molecule has 19 heavy (non-hydrogen) atoms. The summed E-state index contributed by atoms with van der Waals surface area (Å²) in [5.41, 5.74) is 1.16. The number of nitrogens with zero attached hydrogens (tertiary/aromatic N) is 1. The quantitative estimate of drug-likeness (QED) is 0.709. The number of benzene rings is 1. The Morgan fingerprint density at radius 1 is 1.37 bits per heavy atom. The van der Waals surface area contributed by atoms with Gasteiger partial charge in [0.1, 0.15) is 5.75 Å². The molecule has 0 atom stereocenters. The summed E-state index contributed by atoms with van der Waals surface area (Å²) in [5.74, 6) is 0.808. The molecule has 1 aromatic carbocycles. The molecule has 0 aliphatic carbocycles. The summed E-state index contributed by atoms with van der Waals surface area (Å²) in [7, 11) is 3.44. The van der Waals surface area contributed by atoms with Gasteiger partial charge in [0, 0.05) is 13.1 Å². The second kappa shape index (κ2) is 8.50. The zero-order chi connectivity index (χ0) is 14.1. The SMILES string of the molecule is COc1ccc(CCNC(=O)CN(C)CCO)cc1. The van der Waals surface area contributed by atoms with Crippen LogP contribution in [0.25, 0.3) is 0 Å². The number of aliphatic hydroxyl groups excluding tert-OH is 1. The van der Waals surface area contributed by atoms with E-state index in [9.17, 15) is 4.79 Å². The normalized spacial score (nSPS) is 10.5. The molecule has 0 saturated carbocycles. The molecular formula is C14H22N2O3. The van der Waals surface area contributed by atoms with Gasteiger partial charge in [0.2, 0.25) is 5.91 Å². The summed E-state index contributed by atoms with van der Waals surface area (Å²) in [4.78, 5) is 13.3. The number of amides is 1. The third kappa shape index (κ3) is 6.22. The van der Waals surface area contributed by atoms with Crippen molar-refractivity contribution in [3.63, 3.8) is 0 Å². The molecule has 2 N–H and O–H groups in total. The van der Waals surface area contributed by atoms with E-state index in [-0.39, 0.29) is 12.5 Å². The number of carbonyl (C=O) groups is 1. The van der Waals surface area contributed by atoms with Crippen molar-refractivity contribution in [2.24, 2.45) is 0 Å². The highest BCUT2D eigenvalue weighted by Crippen LogP contribution is 2.11. The fraction of sp³-hybridized carbons (Fsp3) is 0.500. The fourth-order valence-electron chi connectivity index (χ4n) is 1.69. The number of aliphatic hydroxyl groups is 1. The van der Waals surface area contributed by atoms with E-state index in [1.54, 1.807) is 19.1 Å². The van der Waals surface area contributed by atoms with Gasteiger partial charge in [-0.15, -0.1) is 0 Å². The molecule has 1 amide bonds. The van der Waals surface area contributed by atoms with Gasteiger partial charge in [-0.1, -0.05) is 12.1 Å². The van der Waals surface area contributed by atoms with Crippen LogP contribution in [0.3, 0.4) is 0 Å². The van der Waals surface area contributed by atoms with Crippen LogP contribution in [0.1, 0.15) is 5.56 Å². The first-order valence-electron chi connectivity index (χ1n) is 6.34. The number of methoxy groups -OCH3 is 1. The Hall–Kier alpha value is -1.59. The number of carbonyl (C=O) groups excluding carboxylic acids is 1. The highest BCUT2D eigenvalue weighted by atomic mass is 16.5. The Labute approximate surface area is 114 Å². The lowest BCUT2D eigenvalue weighted by Gasteiger charge is -2.14. The van der Waals surface area contributed by atoms with E-state index in [0.29, 0.717) is 19.6 Å². The van der Waals surface area contributed by atoms with Gasteiger partial charge in [0.25, 0.3) is 0 Å². The molecule has 106 valence electrons. The predicted octanol–water partition coefficient (Wildman–Crippen LogP) is 0.278. The third-order valence-electron chi connectivity index (χ3n) is 2.79. The van der Waals surface area contributed by atoms with Crippen molar-refractivity contribution >= 4 is 5.91 Å². The number of rotatable bonds is 8. The van der Waals surface area contributed by atoms with Crippen LogP contribution in [-0.4, -0.2) is 56.3 Å². The van der Waals surface area contributed by atoms with E-state index < -0.39 is 0 Å². The minimum absolute atomic E-state index is 0.0236. The predicted molar refractivity (Wildman–Crippen MR) is 74.3 cm³/mol. The van der Waals surface area contributed by atoms with Crippen LogP contribution in [0.15, 0.2) is 24.3 Å². The van der Waals surface area contributed by atoms with Crippen molar-refractivity contribution in [2.75, 3.05) is 40.4 Å². The summed E-state index contributed by atoms with van der Waals surface area (Å²) in [6, 6.07) is 7.80. The van der Waals surface area contributed by atoms with Crippen LogP contribution in [0.2, 0.25) is 0 Å². The first-order chi connectivity index (χ1) is 9.15. The molecule has 0 saturated heterocycles. The van der Waals surface area contributed by atoms with Gasteiger partial charge in [-0.25, -0.2) is 0 Å². The molecule has 5 heteroatoms. The lowest BCUT2D eigenvalue weighted by Crippen LogP contribution is -2.37. The lowest BCUT2D eigenvalue weighted by atomic mass is 10.1. The zero-order valence-corrected chi connectivity index (χ0v) is 11.6. The van der Waals surface area contributed by atoms with Crippen molar-refractivity contribution in [3.8, 4) is 5.75 Å². The molecule has 0 spiro atoms. The third-order valence-corrected chi connectivity index (χ3v) is 2.79. The first kappa shape index (κ1) is 15.5. The fourth-order valence-corrected chi connectivity index (χ4v) is 1.69. The zero-order valence-electron chi connectivity index (χ0n) is 11.6. The van der Waals surface area contributed by atoms with Crippen LogP contribution in [0.5, 0.6) is 5.75 Å². The number of ether oxygens (including phenoxy) is 1. The van der Waals surface area contributed by atoms with Crippen molar-refractivity contribution in [3.05, 3.63) is 29.8 Å². The van der Waals surface area contributed by atoms with E-state index in [1.807, 2.05) is 24.3 Å². The van der Waals surface area contributed by atoms with Gasteiger partial charge in [0.15, 0.2) is 0 Å². The number of likely N-dealkylation sites (N-methyl/N-ethyl adjacent to an activating group) is 1. The molecule has 0 radical (unpaired) electrons. The largest absolute Gasteiger partial charge is 0.497 e. The molecule has 0 fully saturated rings. The van der Waals surface area contributed by atoms with Crippen molar-refractivity contribution in [1.29, 1.82) is 0 Å². The summed E-state index contributed by atoms with van der Waals surface area (Å²) < 4.78 is 5.08. The smallest absolute Gasteiger partial charge is 0.234 e. The van der Waals surface area contributed by atoms with E-state index in [1.165, 1.54) is 0 Å². The van der Waals surface area contributed by atoms with Gasteiger partial charge in [-0.2, -0.15) is 0 Å². The van der Waals surface area contributed by atoms with Crippen LogP contribution in [0, 0.1) is 0 Å².